The average molecular weight is 255 g/mol. The molecule has 1 fully saturated rings. The van der Waals surface area contributed by atoms with Crippen LogP contribution in [0.5, 0.6) is 0 Å². The van der Waals surface area contributed by atoms with Crippen molar-refractivity contribution in [2.45, 2.75) is 31.7 Å². The van der Waals surface area contributed by atoms with Gasteiger partial charge in [-0.05, 0) is 44.0 Å². The molecule has 3 heteroatoms. The molecule has 0 amide bonds. The van der Waals surface area contributed by atoms with Gasteiger partial charge in [0.15, 0.2) is 0 Å². The van der Waals surface area contributed by atoms with E-state index < -0.39 is 0 Å². The van der Waals surface area contributed by atoms with Crippen molar-refractivity contribution in [3.05, 3.63) is 53.9 Å². The highest BCUT2D eigenvalue weighted by molar-refractivity contribution is 5.17. The van der Waals surface area contributed by atoms with Gasteiger partial charge in [0.25, 0.3) is 0 Å². The van der Waals surface area contributed by atoms with Gasteiger partial charge < -0.3 is 5.32 Å². The van der Waals surface area contributed by atoms with E-state index in [0.29, 0.717) is 5.92 Å². The first kappa shape index (κ1) is 12.4. The lowest BCUT2D eigenvalue weighted by atomic mass is 9.97. The lowest BCUT2D eigenvalue weighted by Crippen LogP contribution is -2.15. The van der Waals surface area contributed by atoms with Crippen LogP contribution < -0.4 is 5.32 Å². The Morgan fingerprint density at radius 3 is 2.89 bits per heavy atom. The number of nitrogens with one attached hydrogen (secondary N) is 1. The summed E-state index contributed by atoms with van der Waals surface area (Å²) in [6.07, 6.45) is 5.70. The lowest BCUT2D eigenvalue weighted by Gasteiger charge is -2.16. The smallest absolute Gasteiger partial charge is 0.0662 e. The molecule has 2 aromatic rings. The minimum Gasteiger partial charge on any atom is -0.317 e. The first-order valence-corrected chi connectivity index (χ1v) is 7.20. The van der Waals surface area contributed by atoms with E-state index in [2.05, 4.69) is 51.5 Å². The van der Waals surface area contributed by atoms with Crippen LogP contribution in [-0.4, -0.2) is 22.9 Å². The zero-order valence-corrected chi connectivity index (χ0v) is 11.3. The summed E-state index contributed by atoms with van der Waals surface area (Å²) in [5.41, 5.74) is 2.71. The molecular formula is C16H21N3. The molecule has 3 rings (SSSR count). The highest BCUT2D eigenvalue weighted by Crippen LogP contribution is 2.26. The Bertz CT molecular complexity index is 496. The van der Waals surface area contributed by atoms with Gasteiger partial charge in [-0.2, -0.15) is 5.10 Å². The topological polar surface area (TPSA) is 29.9 Å². The molecule has 1 N–H and O–H groups in total. The van der Waals surface area contributed by atoms with E-state index in [4.69, 9.17) is 0 Å². The maximum atomic E-state index is 4.51. The van der Waals surface area contributed by atoms with Gasteiger partial charge in [0, 0.05) is 17.8 Å². The van der Waals surface area contributed by atoms with Crippen LogP contribution in [-0.2, 0) is 6.54 Å². The average Bonchev–Trinajstić information content (AvgIpc) is 2.74. The predicted octanol–water partition coefficient (Wildman–Crippen LogP) is 2.79. The maximum Gasteiger partial charge on any atom is 0.0662 e. The second-order valence-corrected chi connectivity index (χ2v) is 5.28. The Hall–Kier alpha value is -1.61. The number of benzene rings is 1. The lowest BCUT2D eigenvalue weighted by molar-refractivity contribution is 0.535. The summed E-state index contributed by atoms with van der Waals surface area (Å²) < 4.78 is 2.17. The molecule has 0 aliphatic carbocycles. The van der Waals surface area contributed by atoms with Gasteiger partial charge in [-0.1, -0.05) is 30.3 Å². The second kappa shape index (κ2) is 6.02. The summed E-state index contributed by atoms with van der Waals surface area (Å²) in [5.74, 6) is 0.654. The Kier molecular flexibility index (Phi) is 3.94. The highest BCUT2D eigenvalue weighted by atomic mass is 15.3. The third-order valence-electron chi connectivity index (χ3n) is 3.92. The molecule has 1 aromatic carbocycles. The molecule has 1 unspecified atom stereocenters. The summed E-state index contributed by atoms with van der Waals surface area (Å²) in [4.78, 5) is 0. The van der Waals surface area contributed by atoms with Gasteiger partial charge in [0.05, 0.1) is 6.54 Å². The third kappa shape index (κ3) is 3.04. The van der Waals surface area contributed by atoms with E-state index in [0.717, 1.165) is 19.6 Å². The summed E-state index contributed by atoms with van der Waals surface area (Å²) in [5, 5.41) is 7.99. The normalized spacial score (nSPS) is 20.1. The number of hydrogen-bond donors (Lipinski definition) is 1. The fourth-order valence-corrected chi connectivity index (χ4v) is 2.89. The van der Waals surface area contributed by atoms with Crippen LogP contribution in [0.4, 0.5) is 0 Å². The SMILES string of the molecule is c1ccc(Cn2nccc2C2CCCNCC2)cc1. The van der Waals surface area contributed by atoms with Gasteiger partial charge in [-0.25, -0.2) is 0 Å². The van der Waals surface area contributed by atoms with Crippen LogP contribution in [0.1, 0.15) is 36.4 Å². The van der Waals surface area contributed by atoms with Crippen molar-refractivity contribution in [2.24, 2.45) is 0 Å². The van der Waals surface area contributed by atoms with E-state index in [1.165, 1.54) is 30.5 Å². The van der Waals surface area contributed by atoms with Crippen molar-refractivity contribution < 1.29 is 0 Å². The highest BCUT2D eigenvalue weighted by Gasteiger charge is 2.17. The van der Waals surface area contributed by atoms with Crippen LogP contribution in [0.3, 0.4) is 0 Å². The molecule has 1 saturated heterocycles. The van der Waals surface area contributed by atoms with Crippen LogP contribution in [0.2, 0.25) is 0 Å². The molecule has 3 nitrogen and oxygen atoms in total. The molecule has 1 atom stereocenters. The molecule has 1 aromatic heterocycles. The number of rotatable bonds is 3. The monoisotopic (exact) mass is 255 g/mol. The summed E-state index contributed by atoms with van der Waals surface area (Å²) in [6.45, 7) is 3.16. The standard InChI is InChI=1S/C16H21N3/c1-2-5-14(6-3-1)13-19-16(9-12-18-19)15-7-4-10-17-11-8-15/h1-3,5-6,9,12,15,17H,4,7-8,10-11,13H2. The Balaban J connectivity index is 1.78. The van der Waals surface area contributed by atoms with Crippen molar-refractivity contribution >= 4 is 0 Å². The van der Waals surface area contributed by atoms with E-state index in [-0.39, 0.29) is 0 Å². The first-order valence-electron chi connectivity index (χ1n) is 7.20. The van der Waals surface area contributed by atoms with Gasteiger partial charge >= 0.3 is 0 Å². The minimum absolute atomic E-state index is 0.654. The van der Waals surface area contributed by atoms with Crippen LogP contribution in [0.25, 0.3) is 0 Å². The molecule has 0 bridgehead atoms. The molecule has 0 radical (unpaired) electrons. The minimum atomic E-state index is 0.654. The fraction of sp³-hybridized carbons (Fsp3) is 0.438. The molecule has 2 heterocycles. The van der Waals surface area contributed by atoms with Gasteiger partial charge in [-0.15, -0.1) is 0 Å². The van der Waals surface area contributed by atoms with Crippen molar-refractivity contribution in [1.82, 2.24) is 15.1 Å². The van der Waals surface area contributed by atoms with Crippen molar-refractivity contribution in [1.29, 1.82) is 0 Å². The van der Waals surface area contributed by atoms with Crippen molar-refractivity contribution in [3.63, 3.8) is 0 Å². The molecule has 0 saturated carbocycles. The molecule has 100 valence electrons. The molecule has 1 aliphatic heterocycles. The Morgan fingerprint density at radius 2 is 2.00 bits per heavy atom. The molecule has 1 aliphatic rings. The van der Waals surface area contributed by atoms with E-state index in [1.54, 1.807) is 0 Å². The fourth-order valence-electron chi connectivity index (χ4n) is 2.89. The number of aromatic nitrogens is 2. The van der Waals surface area contributed by atoms with Crippen molar-refractivity contribution in [2.75, 3.05) is 13.1 Å². The largest absolute Gasteiger partial charge is 0.317 e. The summed E-state index contributed by atoms with van der Waals surface area (Å²) in [7, 11) is 0. The third-order valence-corrected chi connectivity index (χ3v) is 3.92. The van der Waals surface area contributed by atoms with Crippen LogP contribution >= 0.6 is 0 Å². The zero-order chi connectivity index (χ0) is 12.9. The Morgan fingerprint density at radius 1 is 1.11 bits per heavy atom. The van der Waals surface area contributed by atoms with E-state index in [1.807, 2.05) is 6.20 Å². The van der Waals surface area contributed by atoms with E-state index in [9.17, 15) is 0 Å². The van der Waals surface area contributed by atoms with Crippen LogP contribution in [0.15, 0.2) is 42.6 Å². The van der Waals surface area contributed by atoms with Crippen molar-refractivity contribution in [3.8, 4) is 0 Å². The summed E-state index contributed by atoms with van der Waals surface area (Å²) >= 11 is 0. The molecule has 19 heavy (non-hydrogen) atoms. The number of hydrogen-bond acceptors (Lipinski definition) is 2. The number of nitrogens with zero attached hydrogens (tertiary/aromatic N) is 2. The second-order valence-electron chi connectivity index (χ2n) is 5.28. The zero-order valence-electron chi connectivity index (χ0n) is 11.3. The Labute approximate surface area is 114 Å². The van der Waals surface area contributed by atoms with Gasteiger partial charge in [-0.3, -0.25) is 4.68 Å². The predicted molar refractivity (Wildman–Crippen MR) is 77.2 cm³/mol. The quantitative estimate of drug-likeness (QED) is 0.914. The molecular weight excluding hydrogens is 234 g/mol. The van der Waals surface area contributed by atoms with Crippen LogP contribution in [0, 0.1) is 0 Å². The van der Waals surface area contributed by atoms with Gasteiger partial charge in [0.2, 0.25) is 0 Å². The maximum absolute atomic E-state index is 4.51. The summed E-state index contributed by atoms with van der Waals surface area (Å²) in [6, 6.07) is 12.8. The molecule has 0 spiro atoms. The van der Waals surface area contributed by atoms with E-state index >= 15 is 0 Å². The first-order chi connectivity index (χ1) is 9.43. The van der Waals surface area contributed by atoms with Gasteiger partial charge in [0.1, 0.15) is 0 Å².